The van der Waals surface area contributed by atoms with Gasteiger partial charge in [0.25, 0.3) is 5.91 Å². The normalized spacial score (nSPS) is 14.5. The number of ether oxygens (including phenoxy) is 1. The first-order chi connectivity index (χ1) is 13.3. The molecule has 150 valence electrons. The Morgan fingerprint density at radius 2 is 1.86 bits per heavy atom. The number of piperazine rings is 1. The Labute approximate surface area is 175 Å². The minimum absolute atomic E-state index is 0.0653. The van der Waals surface area contributed by atoms with Gasteiger partial charge in [0.1, 0.15) is 17.4 Å². The smallest absolute Gasteiger partial charge is 0.260 e. The van der Waals surface area contributed by atoms with Crippen LogP contribution in [0.1, 0.15) is 31.3 Å². The molecule has 3 rings (SSSR count). The minimum atomic E-state index is -0.0718. The second-order valence-electron chi connectivity index (χ2n) is 7.11. The van der Waals surface area contributed by atoms with Crippen molar-refractivity contribution in [3.8, 4) is 5.75 Å². The van der Waals surface area contributed by atoms with Crippen LogP contribution in [0.2, 0.25) is 10.0 Å². The first-order valence-electron chi connectivity index (χ1n) is 9.29. The van der Waals surface area contributed by atoms with E-state index in [-0.39, 0.29) is 18.4 Å². The number of aromatic nitrogens is 2. The number of carbonyl (C=O) groups excluding carboxylic acids is 1. The predicted octanol–water partition coefficient (Wildman–Crippen LogP) is 3.94. The van der Waals surface area contributed by atoms with Gasteiger partial charge in [-0.2, -0.15) is 0 Å². The molecule has 0 radical (unpaired) electrons. The van der Waals surface area contributed by atoms with E-state index in [0.29, 0.717) is 28.9 Å². The second-order valence-corrected chi connectivity index (χ2v) is 7.96. The summed E-state index contributed by atoms with van der Waals surface area (Å²) in [6.07, 6.45) is 0. The lowest BCUT2D eigenvalue weighted by Gasteiger charge is -2.35. The summed E-state index contributed by atoms with van der Waals surface area (Å²) >= 11 is 12.0. The molecular formula is C20H24Cl2N4O2. The summed E-state index contributed by atoms with van der Waals surface area (Å²) in [4.78, 5) is 25.7. The molecule has 1 saturated heterocycles. The fourth-order valence-corrected chi connectivity index (χ4v) is 3.33. The summed E-state index contributed by atoms with van der Waals surface area (Å²) in [5, 5.41) is 0.948. The van der Waals surface area contributed by atoms with E-state index in [9.17, 15) is 4.79 Å². The number of rotatable bonds is 5. The van der Waals surface area contributed by atoms with Crippen LogP contribution >= 0.6 is 23.2 Å². The fraction of sp³-hybridized carbons (Fsp3) is 0.450. The molecule has 8 heteroatoms. The van der Waals surface area contributed by atoms with Gasteiger partial charge in [0, 0.05) is 54.9 Å². The van der Waals surface area contributed by atoms with Crippen LogP contribution in [0.25, 0.3) is 0 Å². The van der Waals surface area contributed by atoms with E-state index in [4.69, 9.17) is 27.9 Å². The molecule has 0 N–H and O–H groups in total. The number of aryl methyl sites for hydroxylation is 1. The monoisotopic (exact) mass is 422 g/mol. The SMILES string of the molecule is Cc1cc(N2CCN(C(=O)COc3cc(Cl)ccc3Cl)CC2)nc(C(C)C)n1. The first kappa shape index (κ1) is 20.7. The number of carbonyl (C=O) groups is 1. The number of amides is 1. The van der Waals surface area contributed by atoms with Gasteiger partial charge in [-0.15, -0.1) is 0 Å². The first-order valence-corrected chi connectivity index (χ1v) is 10.0. The molecule has 2 aromatic rings. The van der Waals surface area contributed by atoms with Gasteiger partial charge in [-0.25, -0.2) is 9.97 Å². The van der Waals surface area contributed by atoms with Crippen LogP contribution in [0.4, 0.5) is 5.82 Å². The highest BCUT2D eigenvalue weighted by Gasteiger charge is 2.23. The Bertz CT molecular complexity index is 852. The third kappa shape index (κ3) is 5.06. The number of hydrogen-bond acceptors (Lipinski definition) is 5. The Balaban J connectivity index is 1.56. The summed E-state index contributed by atoms with van der Waals surface area (Å²) < 4.78 is 5.56. The molecule has 28 heavy (non-hydrogen) atoms. The molecule has 1 amide bonds. The van der Waals surface area contributed by atoms with Gasteiger partial charge in [-0.3, -0.25) is 4.79 Å². The predicted molar refractivity (Wildman–Crippen MR) is 112 cm³/mol. The van der Waals surface area contributed by atoms with Gasteiger partial charge in [0.2, 0.25) is 0 Å². The molecule has 2 heterocycles. The molecule has 1 aromatic carbocycles. The Morgan fingerprint density at radius 3 is 2.54 bits per heavy atom. The maximum Gasteiger partial charge on any atom is 0.260 e. The van der Waals surface area contributed by atoms with Crippen LogP contribution in [-0.2, 0) is 4.79 Å². The number of anilines is 1. The molecule has 0 spiro atoms. The van der Waals surface area contributed by atoms with Crippen molar-refractivity contribution in [3.05, 3.63) is 45.8 Å². The van der Waals surface area contributed by atoms with Crippen molar-refractivity contribution in [2.24, 2.45) is 0 Å². The lowest BCUT2D eigenvalue weighted by atomic mass is 10.2. The quantitative estimate of drug-likeness (QED) is 0.729. The van der Waals surface area contributed by atoms with Gasteiger partial charge in [-0.05, 0) is 19.1 Å². The molecule has 0 aliphatic carbocycles. The van der Waals surface area contributed by atoms with Crippen molar-refractivity contribution in [3.63, 3.8) is 0 Å². The van der Waals surface area contributed by atoms with E-state index in [0.717, 1.165) is 30.4 Å². The summed E-state index contributed by atoms with van der Waals surface area (Å²) in [5.41, 5.74) is 0.957. The Hall–Kier alpha value is -2.05. The van der Waals surface area contributed by atoms with Crippen LogP contribution in [0.3, 0.4) is 0 Å². The maximum atomic E-state index is 12.5. The average molecular weight is 423 g/mol. The topological polar surface area (TPSA) is 58.6 Å². The molecule has 0 unspecified atom stereocenters. The summed E-state index contributed by atoms with van der Waals surface area (Å²) in [5.74, 6) is 2.39. The Kier molecular flexibility index (Phi) is 6.62. The van der Waals surface area contributed by atoms with Crippen molar-refractivity contribution in [2.75, 3.05) is 37.7 Å². The van der Waals surface area contributed by atoms with Crippen molar-refractivity contribution in [1.29, 1.82) is 0 Å². The highest BCUT2D eigenvalue weighted by molar-refractivity contribution is 6.34. The zero-order chi connectivity index (χ0) is 20.3. The minimum Gasteiger partial charge on any atom is -0.482 e. The Morgan fingerprint density at radius 1 is 1.14 bits per heavy atom. The van der Waals surface area contributed by atoms with Crippen LogP contribution in [0.15, 0.2) is 24.3 Å². The van der Waals surface area contributed by atoms with E-state index in [1.54, 1.807) is 23.1 Å². The van der Waals surface area contributed by atoms with Crippen molar-refractivity contribution in [1.82, 2.24) is 14.9 Å². The highest BCUT2D eigenvalue weighted by Crippen LogP contribution is 2.27. The van der Waals surface area contributed by atoms with E-state index >= 15 is 0 Å². The standard InChI is InChI=1S/C20H24Cl2N4O2/c1-13(2)20-23-14(3)10-18(24-20)25-6-8-26(9-7-25)19(27)12-28-17-11-15(21)4-5-16(17)22/h4-5,10-11,13H,6-9,12H2,1-3H3. The molecule has 1 fully saturated rings. The van der Waals surface area contributed by atoms with E-state index in [1.165, 1.54) is 0 Å². The zero-order valence-electron chi connectivity index (χ0n) is 16.3. The van der Waals surface area contributed by atoms with Crippen LogP contribution in [0, 0.1) is 6.92 Å². The second kappa shape index (κ2) is 8.97. The van der Waals surface area contributed by atoms with E-state index in [2.05, 4.69) is 28.7 Å². The largest absolute Gasteiger partial charge is 0.482 e. The third-order valence-electron chi connectivity index (χ3n) is 4.58. The van der Waals surface area contributed by atoms with Crippen molar-refractivity contribution < 1.29 is 9.53 Å². The lowest BCUT2D eigenvalue weighted by molar-refractivity contribution is -0.133. The van der Waals surface area contributed by atoms with Crippen LogP contribution < -0.4 is 9.64 Å². The van der Waals surface area contributed by atoms with Gasteiger partial charge in [0.15, 0.2) is 6.61 Å². The van der Waals surface area contributed by atoms with Gasteiger partial charge in [0.05, 0.1) is 5.02 Å². The highest BCUT2D eigenvalue weighted by atomic mass is 35.5. The molecule has 6 nitrogen and oxygen atoms in total. The fourth-order valence-electron chi connectivity index (χ4n) is 3.00. The molecule has 1 aliphatic rings. The molecule has 1 aromatic heterocycles. The molecule has 0 atom stereocenters. The van der Waals surface area contributed by atoms with Crippen molar-refractivity contribution >= 4 is 34.9 Å². The molecule has 1 aliphatic heterocycles. The third-order valence-corrected chi connectivity index (χ3v) is 5.12. The molecule has 0 saturated carbocycles. The molecular weight excluding hydrogens is 399 g/mol. The van der Waals surface area contributed by atoms with Gasteiger partial charge >= 0.3 is 0 Å². The van der Waals surface area contributed by atoms with Crippen LogP contribution in [-0.4, -0.2) is 53.6 Å². The summed E-state index contributed by atoms with van der Waals surface area (Å²) in [6, 6.07) is 6.93. The summed E-state index contributed by atoms with van der Waals surface area (Å²) in [7, 11) is 0. The number of nitrogens with zero attached hydrogens (tertiary/aromatic N) is 4. The van der Waals surface area contributed by atoms with Gasteiger partial charge < -0.3 is 14.5 Å². The zero-order valence-corrected chi connectivity index (χ0v) is 17.8. The van der Waals surface area contributed by atoms with Crippen molar-refractivity contribution in [2.45, 2.75) is 26.7 Å². The number of halogens is 2. The summed E-state index contributed by atoms with van der Waals surface area (Å²) in [6.45, 7) is 8.76. The average Bonchev–Trinajstić information content (AvgIpc) is 2.68. The van der Waals surface area contributed by atoms with Crippen LogP contribution in [0.5, 0.6) is 5.75 Å². The van der Waals surface area contributed by atoms with E-state index in [1.807, 2.05) is 13.0 Å². The van der Waals surface area contributed by atoms with Gasteiger partial charge in [-0.1, -0.05) is 37.0 Å². The van der Waals surface area contributed by atoms with E-state index < -0.39 is 0 Å². The maximum absolute atomic E-state index is 12.5. The number of benzene rings is 1. The number of hydrogen-bond donors (Lipinski definition) is 0. The lowest BCUT2D eigenvalue weighted by Crippen LogP contribution is -2.50. The molecule has 0 bridgehead atoms.